The largest absolute Gasteiger partial charge is 0.370 e. The van der Waals surface area contributed by atoms with Crippen molar-refractivity contribution < 1.29 is 0 Å². The summed E-state index contributed by atoms with van der Waals surface area (Å²) in [5, 5.41) is 5.55. The van der Waals surface area contributed by atoms with Crippen LogP contribution >= 0.6 is 11.3 Å². The molecule has 1 N–H and O–H groups in total. The molecule has 0 saturated carbocycles. The van der Waals surface area contributed by atoms with E-state index in [9.17, 15) is 0 Å². The lowest BCUT2D eigenvalue weighted by atomic mass is 10.1. The van der Waals surface area contributed by atoms with E-state index >= 15 is 0 Å². The van der Waals surface area contributed by atoms with Gasteiger partial charge in [-0.2, -0.15) is 0 Å². The molecule has 0 spiro atoms. The quantitative estimate of drug-likeness (QED) is 0.909. The number of thiazole rings is 1. The van der Waals surface area contributed by atoms with Crippen LogP contribution in [0.1, 0.15) is 12.1 Å². The van der Waals surface area contributed by atoms with Crippen LogP contribution in [0.4, 0.5) is 5.82 Å². The Morgan fingerprint density at radius 2 is 2.37 bits per heavy atom. The summed E-state index contributed by atoms with van der Waals surface area (Å²) in [6.07, 6.45) is 3.08. The minimum absolute atomic E-state index is 0.709. The van der Waals surface area contributed by atoms with E-state index in [0.717, 1.165) is 25.5 Å². The molecule has 1 aliphatic rings. The molecule has 5 heteroatoms. The van der Waals surface area contributed by atoms with Crippen LogP contribution in [0.15, 0.2) is 35.3 Å². The summed E-state index contributed by atoms with van der Waals surface area (Å²) in [4.78, 5) is 11.1. The summed E-state index contributed by atoms with van der Waals surface area (Å²) < 4.78 is 0. The van der Waals surface area contributed by atoms with Crippen molar-refractivity contribution in [1.29, 1.82) is 0 Å². The summed E-state index contributed by atoms with van der Waals surface area (Å²) in [5.41, 5.74) is 3.11. The van der Waals surface area contributed by atoms with Gasteiger partial charge in [0.25, 0.3) is 0 Å². The number of pyridine rings is 1. The van der Waals surface area contributed by atoms with E-state index < -0.39 is 0 Å². The Hall–Kier alpha value is -1.46. The minimum Gasteiger partial charge on any atom is -0.370 e. The Labute approximate surface area is 117 Å². The average Bonchev–Trinajstić information content (AvgIpc) is 3.10. The Bertz CT molecular complexity index is 485. The predicted molar refractivity (Wildman–Crippen MR) is 78.2 cm³/mol. The molecular weight excluding hydrogens is 256 g/mol. The SMILES string of the molecule is c1ccc(NC[C@H]2CCN(Cc3cscn3)C2)nc1. The van der Waals surface area contributed by atoms with Crippen LogP contribution in [-0.4, -0.2) is 34.5 Å². The Morgan fingerprint density at radius 1 is 1.37 bits per heavy atom. The fraction of sp³-hybridized carbons (Fsp3) is 0.429. The van der Waals surface area contributed by atoms with Crippen molar-refractivity contribution in [2.24, 2.45) is 5.92 Å². The van der Waals surface area contributed by atoms with Crippen LogP contribution in [0.3, 0.4) is 0 Å². The van der Waals surface area contributed by atoms with E-state index in [0.29, 0.717) is 5.92 Å². The first kappa shape index (κ1) is 12.6. The third-order valence-electron chi connectivity index (χ3n) is 3.48. The summed E-state index contributed by atoms with van der Waals surface area (Å²) in [7, 11) is 0. The zero-order chi connectivity index (χ0) is 12.9. The number of hydrogen-bond acceptors (Lipinski definition) is 5. The molecule has 3 rings (SSSR count). The van der Waals surface area contributed by atoms with Crippen LogP contribution in [0.5, 0.6) is 0 Å². The summed E-state index contributed by atoms with van der Waals surface area (Å²) >= 11 is 1.67. The molecule has 100 valence electrons. The first-order valence-electron chi connectivity index (χ1n) is 6.64. The highest BCUT2D eigenvalue weighted by Crippen LogP contribution is 2.19. The zero-order valence-electron chi connectivity index (χ0n) is 10.8. The van der Waals surface area contributed by atoms with Crippen LogP contribution < -0.4 is 5.32 Å². The number of hydrogen-bond donors (Lipinski definition) is 1. The first-order chi connectivity index (χ1) is 9.40. The molecule has 1 fully saturated rings. The number of nitrogens with zero attached hydrogens (tertiary/aromatic N) is 3. The van der Waals surface area contributed by atoms with Crippen molar-refractivity contribution in [3.8, 4) is 0 Å². The van der Waals surface area contributed by atoms with Gasteiger partial charge in [-0.3, -0.25) is 4.90 Å². The number of aromatic nitrogens is 2. The van der Waals surface area contributed by atoms with Crippen LogP contribution in [-0.2, 0) is 6.54 Å². The highest BCUT2D eigenvalue weighted by atomic mass is 32.1. The van der Waals surface area contributed by atoms with Crippen molar-refractivity contribution in [2.45, 2.75) is 13.0 Å². The van der Waals surface area contributed by atoms with Crippen molar-refractivity contribution in [2.75, 3.05) is 25.0 Å². The molecule has 0 bridgehead atoms. The number of rotatable bonds is 5. The average molecular weight is 274 g/mol. The van der Waals surface area contributed by atoms with E-state index in [4.69, 9.17) is 0 Å². The van der Waals surface area contributed by atoms with Crippen LogP contribution in [0, 0.1) is 5.92 Å². The van der Waals surface area contributed by atoms with Gasteiger partial charge in [0.1, 0.15) is 5.82 Å². The molecule has 0 amide bonds. The Morgan fingerprint density at radius 3 is 3.16 bits per heavy atom. The van der Waals surface area contributed by atoms with E-state index in [-0.39, 0.29) is 0 Å². The Kier molecular flexibility index (Phi) is 4.05. The molecule has 4 nitrogen and oxygen atoms in total. The third kappa shape index (κ3) is 3.52. The zero-order valence-corrected chi connectivity index (χ0v) is 11.6. The molecule has 19 heavy (non-hydrogen) atoms. The molecule has 2 aromatic heterocycles. The third-order valence-corrected chi connectivity index (χ3v) is 4.11. The standard InChI is InChI=1S/C14H18N4S/c1-2-5-15-14(3-1)16-7-12-4-6-18(8-12)9-13-10-19-11-17-13/h1-3,5,10-12H,4,6-9H2,(H,15,16)/t12-/m1/s1. The monoisotopic (exact) mass is 274 g/mol. The van der Waals surface area contributed by atoms with Gasteiger partial charge in [-0.05, 0) is 31.0 Å². The summed E-state index contributed by atoms with van der Waals surface area (Å²) in [6.45, 7) is 4.32. The van der Waals surface area contributed by atoms with E-state index in [1.165, 1.54) is 18.7 Å². The Balaban J connectivity index is 1.44. The lowest BCUT2D eigenvalue weighted by Gasteiger charge is -2.15. The second-order valence-electron chi connectivity index (χ2n) is 4.97. The molecule has 1 saturated heterocycles. The molecule has 0 radical (unpaired) electrons. The lowest BCUT2D eigenvalue weighted by Crippen LogP contribution is -2.22. The van der Waals surface area contributed by atoms with Gasteiger partial charge in [0.05, 0.1) is 11.2 Å². The highest BCUT2D eigenvalue weighted by molar-refractivity contribution is 7.07. The van der Waals surface area contributed by atoms with E-state index in [2.05, 4.69) is 25.6 Å². The van der Waals surface area contributed by atoms with Gasteiger partial charge in [-0.1, -0.05) is 6.07 Å². The topological polar surface area (TPSA) is 41.0 Å². The van der Waals surface area contributed by atoms with Gasteiger partial charge >= 0.3 is 0 Å². The fourth-order valence-corrected chi connectivity index (χ4v) is 3.03. The maximum atomic E-state index is 4.35. The van der Waals surface area contributed by atoms with Crippen molar-refractivity contribution in [1.82, 2.24) is 14.9 Å². The summed E-state index contributed by atoms with van der Waals surface area (Å²) in [5.74, 6) is 1.68. The van der Waals surface area contributed by atoms with Crippen molar-refractivity contribution in [3.63, 3.8) is 0 Å². The summed E-state index contributed by atoms with van der Waals surface area (Å²) in [6, 6.07) is 5.97. The maximum absolute atomic E-state index is 4.35. The van der Waals surface area contributed by atoms with Gasteiger partial charge in [-0.25, -0.2) is 9.97 Å². The minimum atomic E-state index is 0.709. The predicted octanol–water partition coefficient (Wildman–Crippen LogP) is 2.47. The molecule has 1 aliphatic heterocycles. The highest BCUT2D eigenvalue weighted by Gasteiger charge is 2.22. The van der Waals surface area contributed by atoms with Gasteiger partial charge in [-0.15, -0.1) is 11.3 Å². The molecular formula is C14H18N4S. The number of nitrogens with one attached hydrogen (secondary N) is 1. The lowest BCUT2D eigenvalue weighted by molar-refractivity contribution is 0.315. The molecule has 2 aromatic rings. The van der Waals surface area contributed by atoms with E-state index in [1.54, 1.807) is 11.3 Å². The second kappa shape index (κ2) is 6.12. The van der Waals surface area contributed by atoms with Crippen molar-refractivity contribution >= 4 is 17.2 Å². The molecule has 3 heterocycles. The molecule has 0 aliphatic carbocycles. The van der Waals surface area contributed by atoms with Gasteiger partial charge in [0.15, 0.2) is 0 Å². The van der Waals surface area contributed by atoms with Gasteiger partial charge in [0, 0.05) is 31.2 Å². The number of anilines is 1. The van der Waals surface area contributed by atoms with Crippen LogP contribution in [0.25, 0.3) is 0 Å². The fourth-order valence-electron chi connectivity index (χ4n) is 2.48. The second-order valence-corrected chi connectivity index (χ2v) is 5.68. The van der Waals surface area contributed by atoms with Crippen molar-refractivity contribution in [3.05, 3.63) is 41.0 Å². The molecule has 0 unspecified atom stereocenters. The molecule has 0 aromatic carbocycles. The van der Waals surface area contributed by atoms with Gasteiger partial charge in [0.2, 0.25) is 0 Å². The smallest absolute Gasteiger partial charge is 0.125 e. The first-order valence-corrected chi connectivity index (χ1v) is 7.59. The number of likely N-dealkylation sites (tertiary alicyclic amines) is 1. The maximum Gasteiger partial charge on any atom is 0.125 e. The van der Waals surface area contributed by atoms with Gasteiger partial charge < -0.3 is 5.32 Å². The van der Waals surface area contributed by atoms with E-state index in [1.807, 2.05) is 29.9 Å². The van der Waals surface area contributed by atoms with Crippen LogP contribution in [0.2, 0.25) is 0 Å². The molecule has 1 atom stereocenters. The normalized spacial score (nSPS) is 19.7.